The summed E-state index contributed by atoms with van der Waals surface area (Å²) in [6.45, 7) is 12.8. The topological polar surface area (TPSA) is 79.6 Å². The van der Waals surface area contributed by atoms with Gasteiger partial charge in [0.25, 0.3) is 11.6 Å². The van der Waals surface area contributed by atoms with Gasteiger partial charge in [-0.1, -0.05) is 37.3 Å². The van der Waals surface area contributed by atoms with Gasteiger partial charge in [-0.2, -0.15) is 0 Å². The number of anilines is 1. The van der Waals surface area contributed by atoms with E-state index in [1.807, 2.05) is 19.9 Å². The molecule has 8 heteroatoms. The molecule has 0 unspecified atom stereocenters. The van der Waals surface area contributed by atoms with E-state index in [9.17, 15) is 14.9 Å². The van der Waals surface area contributed by atoms with Gasteiger partial charge in [-0.25, -0.2) is 4.98 Å². The first-order valence-corrected chi connectivity index (χ1v) is 11.2. The molecule has 1 aromatic heterocycles. The third-order valence-corrected chi connectivity index (χ3v) is 6.78. The number of nitro benzene ring substituents is 1. The Morgan fingerprint density at radius 3 is 2.48 bits per heavy atom. The molecule has 0 radical (unpaired) electrons. The molecule has 0 atom stereocenters. The molecule has 0 fully saturated rings. The maximum atomic E-state index is 13.6. The van der Waals surface area contributed by atoms with Crippen LogP contribution in [-0.2, 0) is 0 Å². The Balaban J connectivity index is 2.07. The van der Waals surface area contributed by atoms with Gasteiger partial charge in [0.05, 0.1) is 15.1 Å². The van der Waals surface area contributed by atoms with Crippen molar-refractivity contribution in [3.05, 3.63) is 62.7 Å². The molecule has 0 bridgehead atoms. The second kappa shape index (κ2) is 9.53. The van der Waals surface area contributed by atoms with Gasteiger partial charge in [0, 0.05) is 30.3 Å². The molecule has 7 nitrogen and oxygen atoms in total. The number of hydrogen-bond acceptors (Lipinski definition) is 6. The third kappa shape index (κ3) is 4.75. The number of carbonyl (C=O) groups excluding carboxylic acids is 1. The number of aromatic nitrogens is 1. The van der Waals surface area contributed by atoms with Crippen molar-refractivity contribution in [2.45, 2.75) is 34.6 Å². The van der Waals surface area contributed by atoms with Gasteiger partial charge in [-0.3, -0.25) is 19.8 Å². The summed E-state index contributed by atoms with van der Waals surface area (Å²) in [6, 6.07) is 8.77. The molecule has 0 spiro atoms. The average molecular weight is 441 g/mol. The van der Waals surface area contributed by atoms with E-state index in [2.05, 4.69) is 24.8 Å². The van der Waals surface area contributed by atoms with Gasteiger partial charge >= 0.3 is 0 Å². The molecular formula is C23H28N4O3S. The van der Waals surface area contributed by atoms with Gasteiger partial charge < -0.3 is 4.90 Å². The zero-order chi connectivity index (χ0) is 22.7. The van der Waals surface area contributed by atoms with Crippen molar-refractivity contribution in [1.29, 1.82) is 0 Å². The lowest BCUT2D eigenvalue weighted by Crippen LogP contribution is -2.39. The molecule has 1 heterocycles. The first-order valence-electron chi connectivity index (χ1n) is 10.4. The number of likely N-dealkylation sites (N-methyl/N-ethyl adjacent to an activating group) is 1. The Bertz CT molecular complexity index is 1120. The number of rotatable bonds is 8. The minimum Gasteiger partial charge on any atom is -0.302 e. The maximum Gasteiger partial charge on any atom is 0.273 e. The molecule has 3 rings (SSSR count). The standard InChI is InChI=1S/C23H28N4O3S/c1-6-25(7-2)11-12-26(22(28)18-9-8-10-20(17(18)5)27(29)30)23-24-19-14-15(3)13-16(4)21(19)31-23/h8-10,13-14H,6-7,11-12H2,1-5H3. The molecule has 0 aliphatic carbocycles. The predicted molar refractivity (Wildman–Crippen MR) is 126 cm³/mol. The number of aryl methyl sites for hydroxylation is 2. The van der Waals surface area contributed by atoms with E-state index < -0.39 is 4.92 Å². The smallest absolute Gasteiger partial charge is 0.273 e. The molecular weight excluding hydrogens is 412 g/mol. The van der Waals surface area contributed by atoms with E-state index in [1.165, 1.54) is 17.4 Å². The van der Waals surface area contributed by atoms with Crippen LogP contribution in [0.3, 0.4) is 0 Å². The van der Waals surface area contributed by atoms with Gasteiger partial charge in [0.15, 0.2) is 5.13 Å². The largest absolute Gasteiger partial charge is 0.302 e. The fraction of sp³-hybridized carbons (Fsp3) is 0.391. The van der Waals surface area contributed by atoms with Crippen molar-refractivity contribution >= 4 is 38.3 Å². The summed E-state index contributed by atoms with van der Waals surface area (Å²) < 4.78 is 1.05. The first-order chi connectivity index (χ1) is 14.8. The van der Waals surface area contributed by atoms with E-state index in [-0.39, 0.29) is 11.6 Å². The van der Waals surface area contributed by atoms with Crippen LogP contribution in [0.1, 0.15) is 40.9 Å². The highest BCUT2D eigenvalue weighted by Gasteiger charge is 2.26. The summed E-state index contributed by atoms with van der Waals surface area (Å²) in [4.78, 5) is 33.2. The lowest BCUT2D eigenvalue weighted by Gasteiger charge is -2.25. The molecule has 3 aromatic rings. The van der Waals surface area contributed by atoms with E-state index in [0.717, 1.165) is 34.4 Å². The Labute approximate surface area is 186 Å². The van der Waals surface area contributed by atoms with E-state index in [4.69, 9.17) is 4.98 Å². The lowest BCUT2D eigenvalue weighted by molar-refractivity contribution is -0.385. The quantitative estimate of drug-likeness (QED) is 0.359. The molecule has 31 heavy (non-hydrogen) atoms. The van der Waals surface area contributed by atoms with Crippen LogP contribution < -0.4 is 4.90 Å². The summed E-state index contributed by atoms with van der Waals surface area (Å²) >= 11 is 1.49. The number of thiazole rings is 1. The monoisotopic (exact) mass is 440 g/mol. The highest BCUT2D eigenvalue weighted by molar-refractivity contribution is 7.22. The minimum atomic E-state index is -0.448. The zero-order valence-electron chi connectivity index (χ0n) is 18.6. The van der Waals surface area contributed by atoms with Crippen molar-refractivity contribution in [3.63, 3.8) is 0 Å². The predicted octanol–water partition coefficient (Wildman–Crippen LogP) is 5.12. The summed E-state index contributed by atoms with van der Waals surface area (Å²) in [7, 11) is 0. The fourth-order valence-corrected chi connectivity index (χ4v) is 4.78. The molecule has 0 saturated carbocycles. The third-order valence-electron chi connectivity index (χ3n) is 5.55. The van der Waals surface area contributed by atoms with Crippen LogP contribution in [0, 0.1) is 30.9 Å². The van der Waals surface area contributed by atoms with E-state index >= 15 is 0 Å². The van der Waals surface area contributed by atoms with Gasteiger partial charge in [0.1, 0.15) is 0 Å². The van der Waals surface area contributed by atoms with Crippen LogP contribution in [0.25, 0.3) is 10.2 Å². The highest BCUT2D eigenvalue weighted by Crippen LogP contribution is 2.33. The number of nitro groups is 1. The van der Waals surface area contributed by atoms with Gasteiger partial charge in [-0.15, -0.1) is 0 Å². The van der Waals surface area contributed by atoms with Crippen molar-refractivity contribution in [2.75, 3.05) is 31.1 Å². The Morgan fingerprint density at radius 2 is 1.84 bits per heavy atom. The van der Waals surface area contributed by atoms with Crippen LogP contribution >= 0.6 is 11.3 Å². The molecule has 0 saturated heterocycles. The minimum absolute atomic E-state index is 0.0506. The average Bonchev–Trinajstić information content (AvgIpc) is 3.14. The molecule has 0 aliphatic rings. The van der Waals surface area contributed by atoms with Crippen LogP contribution in [0.4, 0.5) is 10.8 Å². The maximum absolute atomic E-state index is 13.6. The Kier molecular flexibility index (Phi) is 7.02. The number of amides is 1. The summed E-state index contributed by atoms with van der Waals surface area (Å²) in [6.07, 6.45) is 0. The SMILES string of the molecule is CCN(CC)CCN(C(=O)c1cccc([N+](=O)[O-])c1C)c1nc2cc(C)cc(C)c2s1. The number of hydrogen-bond donors (Lipinski definition) is 0. The molecule has 0 N–H and O–H groups in total. The molecule has 164 valence electrons. The first kappa shape index (κ1) is 22.8. The lowest BCUT2D eigenvalue weighted by atomic mass is 10.1. The summed E-state index contributed by atoms with van der Waals surface area (Å²) in [5.41, 5.74) is 3.78. The highest BCUT2D eigenvalue weighted by atomic mass is 32.1. The normalized spacial score (nSPS) is 11.3. The number of benzene rings is 2. The number of carbonyl (C=O) groups is 1. The zero-order valence-corrected chi connectivity index (χ0v) is 19.5. The van der Waals surface area contributed by atoms with Gasteiger partial charge in [-0.05, 0) is 57.1 Å². The van der Waals surface area contributed by atoms with E-state index in [0.29, 0.717) is 29.3 Å². The molecule has 1 amide bonds. The van der Waals surface area contributed by atoms with Crippen LogP contribution in [0.15, 0.2) is 30.3 Å². The van der Waals surface area contributed by atoms with Crippen LogP contribution in [-0.4, -0.2) is 46.9 Å². The second-order valence-corrected chi connectivity index (χ2v) is 8.59. The van der Waals surface area contributed by atoms with Crippen molar-refractivity contribution < 1.29 is 9.72 Å². The summed E-state index contributed by atoms with van der Waals surface area (Å²) in [5.74, 6) is -0.262. The van der Waals surface area contributed by atoms with Crippen LogP contribution in [0.5, 0.6) is 0 Å². The Hall–Kier alpha value is -2.84. The van der Waals surface area contributed by atoms with Crippen LogP contribution in [0.2, 0.25) is 0 Å². The van der Waals surface area contributed by atoms with Gasteiger partial charge in [0.2, 0.25) is 0 Å². The molecule has 2 aromatic carbocycles. The summed E-state index contributed by atoms with van der Waals surface area (Å²) in [5, 5.41) is 12.0. The Morgan fingerprint density at radius 1 is 1.13 bits per heavy atom. The second-order valence-electron chi connectivity index (χ2n) is 7.62. The molecule has 0 aliphatic heterocycles. The van der Waals surface area contributed by atoms with Crippen molar-refractivity contribution in [2.24, 2.45) is 0 Å². The fourth-order valence-electron chi connectivity index (χ4n) is 3.74. The van der Waals surface area contributed by atoms with Crippen molar-refractivity contribution in [3.8, 4) is 0 Å². The van der Waals surface area contributed by atoms with Crippen molar-refractivity contribution in [1.82, 2.24) is 9.88 Å². The number of fused-ring (bicyclic) bond motifs is 1. The number of nitrogens with zero attached hydrogens (tertiary/aromatic N) is 4. The van der Waals surface area contributed by atoms with E-state index in [1.54, 1.807) is 24.0 Å².